The molecule has 168 valence electrons. The van der Waals surface area contributed by atoms with E-state index < -0.39 is 30.0 Å². The molecule has 3 aromatic rings. The van der Waals surface area contributed by atoms with Crippen LogP contribution in [0.2, 0.25) is 0 Å². The van der Waals surface area contributed by atoms with Gasteiger partial charge in [0.25, 0.3) is 5.91 Å². The summed E-state index contributed by atoms with van der Waals surface area (Å²) in [4.78, 5) is 12.8. The van der Waals surface area contributed by atoms with E-state index in [-0.39, 0.29) is 24.3 Å². The number of hydrogen-bond donors (Lipinski definition) is 2. The number of fused-ring (bicyclic) bond motifs is 1. The quantitative estimate of drug-likeness (QED) is 0.559. The summed E-state index contributed by atoms with van der Waals surface area (Å²) in [6.45, 7) is 0.0857. The van der Waals surface area contributed by atoms with E-state index in [4.69, 9.17) is 4.74 Å². The van der Waals surface area contributed by atoms with Crippen LogP contribution in [0.4, 0.5) is 23.4 Å². The molecule has 2 N–H and O–H groups in total. The number of benzene rings is 2. The maximum Gasteiger partial charge on any atom is 0.410 e. The second-order valence-corrected chi connectivity index (χ2v) is 7.39. The minimum absolute atomic E-state index is 0.0130. The first kappa shape index (κ1) is 21.7. The van der Waals surface area contributed by atoms with Crippen LogP contribution in [0.1, 0.15) is 40.0 Å². The van der Waals surface area contributed by atoms with Gasteiger partial charge in [-0.1, -0.05) is 30.3 Å². The Hall–Kier alpha value is -3.56. The number of nitrogens with one attached hydrogen (secondary N) is 2. The van der Waals surface area contributed by atoms with Gasteiger partial charge in [0.15, 0.2) is 6.04 Å². The van der Waals surface area contributed by atoms with E-state index in [2.05, 4.69) is 15.7 Å². The van der Waals surface area contributed by atoms with Crippen LogP contribution in [0.15, 0.2) is 54.7 Å². The number of alkyl halides is 3. The topological polar surface area (TPSA) is 68.2 Å². The predicted molar refractivity (Wildman–Crippen MR) is 109 cm³/mol. The standard InChI is InChI=1S/C22H20F4N4O2/c1-32-18-5-3-2-4-15(18)17-10-19(22(24,25)26)30-20(29-17)16(12-28-30)21(31)27-11-13-6-8-14(23)9-7-13/h2-9,12,17,19,29H,10-11H2,1H3,(H,27,31)/t17-,19-/m1/s1. The van der Waals surface area contributed by atoms with Crippen molar-refractivity contribution in [3.63, 3.8) is 0 Å². The van der Waals surface area contributed by atoms with E-state index in [0.29, 0.717) is 16.9 Å². The van der Waals surface area contributed by atoms with Gasteiger partial charge in [-0.3, -0.25) is 4.79 Å². The van der Waals surface area contributed by atoms with Gasteiger partial charge in [0, 0.05) is 18.5 Å². The van der Waals surface area contributed by atoms with Crippen molar-refractivity contribution in [2.75, 3.05) is 12.4 Å². The largest absolute Gasteiger partial charge is 0.496 e. The maximum atomic E-state index is 13.9. The molecule has 2 atom stereocenters. The van der Waals surface area contributed by atoms with Crippen molar-refractivity contribution in [1.29, 1.82) is 0 Å². The highest BCUT2D eigenvalue weighted by atomic mass is 19.4. The number of carbonyl (C=O) groups excluding carboxylic acids is 1. The third-order valence-electron chi connectivity index (χ3n) is 5.36. The lowest BCUT2D eigenvalue weighted by Gasteiger charge is -2.34. The van der Waals surface area contributed by atoms with Gasteiger partial charge < -0.3 is 15.4 Å². The minimum atomic E-state index is -4.56. The molecule has 32 heavy (non-hydrogen) atoms. The molecule has 1 aromatic heterocycles. The lowest BCUT2D eigenvalue weighted by molar-refractivity contribution is -0.173. The van der Waals surface area contributed by atoms with Gasteiger partial charge >= 0.3 is 6.18 Å². The average Bonchev–Trinajstić information content (AvgIpc) is 3.21. The van der Waals surface area contributed by atoms with Crippen molar-refractivity contribution < 1.29 is 27.1 Å². The van der Waals surface area contributed by atoms with Crippen LogP contribution in [0.25, 0.3) is 0 Å². The molecule has 0 bridgehead atoms. The zero-order chi connectivity index (χ0) is 22.9. The van der Waals surface area contributed by atoms with Crippen LogP contribution >= 0.6 is 0 Å². The highest BCUT2D eigenvalue weighted by Crippen LogP contribution is 2.45. The fourth-order valence-electron chi connectivity index (χ4n) is 3.77. The number of amides is 1. The molecule has 6 nitrogen and oxygen atoms in total. The van der Waals surface area contributed by atoms with Gasteiger partial charge in [0.1, 0.15) is 22.9 Å². The summed E-state index contributed by atoms with van der Waals surface area (Å²) < 4.78 is 60.7. The van der Waals surface area contributed by atoms with Crippen molar-refractivity contribution in [2.24, 2.45) is 0 Å². The first-order chi connectivity index (χ1) is 15.3. The van der Waals surface area contributed by atoms with Crippen LogP contribution in [0.3, 0.4) is 0 Å². The second-order valence-electron chi connectivity index (χ2n) is 7.39. The lowest BCUT2D eigenvalue weighted by atomic mass is 9.95. The number of halogens is 4. The summed E-state index contributed by atoms with van der Waals surface area (Å²) in [5.74, 6) is -0.576. The van der Waals surface area contributed by atoms with Crippen LogP contribution < -0.4 is 15.4 Å². The Balaban J connectivity index is 1.63. The Labute approximate surface area is 181 Å². The van der Waals surface area contributed by atoms with Gasteiger partial charge in [-0.15, -0.1) is 0 Å². The van der Waals surface area contributed by atoms with E-state index in [0.717, 1.165) is 10.9 Å². The number of para-hydroxylation sites is 1. The summed E-state index contributed by atoms with van der Waals surface area (Å²) in [7, 11) is 1.45. The van der Waals surface area contributed by atoms with E-state index in [9.17, 15) is 22.4 Å². The van der Waals surface area contributed by atoms with E-state index in [1.807, 2.05) is 0 Å². The minimum Gasteiger partial charge on any atom is -0.496 e. The average molecular weight is 448 g/mol. The summed E-state index contributed by atoms with van der Waals surface area (Å²) in [5.41, 5.74) is 1.18. The number of anilines is 1. The molecule has 0 radical (unpaired) electrons. The molecule has 0 saturated carbocycles. The Morgan fingerprint density at radius 2 is 1.94 bits per heavy atom. The number of nitrogens with zero attached hydrogens (tertiary/aromatic N) is 2. The Morgan fingerprint density at radius 1 is 1.22 bits per heavy atom. The fraction of sp³-hybridized carbons (Fsp3) is 0.273. The van der Waals surface area contributed by atoms with E-state index >= 15 is 0 Å². The Bertz CT molecular complexity index is 1110. The number of carbonyl (C=O) groups is 1. The van der Waals surface area contributed by atoms with Gasteiger partial charge in [0.2, 0.25) is 0 Å². The molecule has 1 aliphatic heterocycles. The monoisotopic (exact) mass is 448 g/mol. The van der Waals surface area contributed by atoms with Crippen molar-refractivity contribution in [1.82, 2.24) is 15.1 Å². The Morgan fingerprint density at radius 3 is 2.62 bits per heavy atom. The molecule has 0 unspecified atom stereocenters. The highest BCUT2D eigenvalue weighted by molar-refractivity contribution is 5.98. The van der Waals surface area contributed by atoms with Gasteiger partial charge in [-0.2, -0.15) is 18.3 Å². The predicted octanol–water partition coefficient (Wildman–Crippen LogP) is 4.62. The first-order valence-corrected chi connectivity index (χ1v) is 9.84. The van der Waals surface area contributed by atoms with E-state index in [1.165, 1.54) is 31.4 Å². The molecular formula is C22H20F4N4O2. The molecule has 2 aromatic carbocycles. The molecule has 10 heteroatoms. The van der Waals surface area contributed by atoms with Crippen LogP contribution in [-0.4, -0.2) is 29.0 Å². The van der Waals surface area contributed by atoms with Crippen molar-refractivity contribution in [2.45, 2.75) is 31.2 Å². The summed E-state index contributed by atoms with van der Waals surface area (Å²) >= 11 is 0. The maximum absolute atomic E-state index is 13.9. The molecule has 1 aliphatic rings. The Kier molecular flexibility index (Phi) is 5.77. The molecule has 0 spiro atoms. The third kappa shape index (κ3) is 4.25. The number of rotatable bonds is 5. The summed E-state index contributed by atoms with van der Waals surface area (Å²) in [5, 5.41) is 9.53. The van der Waals surface area contributed by atoms with Gasteiger partial charge in [-0.05, 0) is 23.8 Å². The van der Waals surface area contributed by atoms with Crippen molar-refractivity contribution >= 4 is 11.7 Å². The number of methoxy groups -OCH3 is 1. The zero-order valence-electron chi connectivity index (χ0n) is 17.0. The van der Waals surface area contributed by atoms with Gasteiger partial charge in [-0.25, -0.2) is 9.07 Å². The van der Waals surface area contributed by atoms with Crippen LogP contribution in [0.5, 0.6) is 5.75 Å². The normalized spacial score (nSPS) is 17.9. The van der Waals surface area contributed by atoms with Crippen molar-refractivity contribution in [3.05, 3.63) is 77.2 Å². The highest BCUT2D eigenvalue weighted by Gasteiger charge is 2.47. The lowest BCUT2D eigenvalue weighted by Crippen LogP contribution is -2.36. The molecular weight excluding hydrogens is 428 g/mol. The number of hydrogen-bond acceptors (Lipinski definition) is 4. The number of aromatic nitrogens is 2. The van der Waals surface area contributed by atoms with Crippen LogP contribution in [0, 0.1) is 5.82 Å². The third-order valence-corrected chi connectivity index (χ3v) is 5.36. The molecule has 0 saturated heterocycles. The smallest absolute Gasteiger partial charge is 0.410 e. The molecule has 4 rings (SSSR count). The van der Waals surface area contributed by atoms with Gasteiger partial charge in [0.05, 0.1) is 19.3 Å². The SMILES string of the molecule is COc1ccccc1[C@H]1C[C@H](C(F)(F)F)n2ncc(C(=O)NCc3ccc(F)cc3)c2N1. The second kappa shape index (κ2) is 8.52. The molecule has 0 fully saturated rings. The van der Waals surface area contributed by atoms with E-state index in [1.54, 1.807) is 24.3 Å². The van der Waals surface area contributed by atoms with Crippen molar-refractivity contribution in [3.8, 4) is 5.75 Å². The summed E-state index contributed by atoms with van der Waals surface area (Å²) in [6, 6.07) is 9.68. The molecule has 0 aliphatic carbocycles. The zero-order valence-corrected chi connectivity index (χ0v) is 17.0. The molecule has 1 amide bonds. The first-order valence-electron chi connectivity index (χ1n) is 9.84. The summed E-state index contributed by atoms with van der Waals surface area (Å²) in [6.07, 6.45) is -3.76. The number of ether oxygens (including phenoxy) is 1. The van der Waals surface area contributed by atoms with Crippen LogP contribution in [-0.2, 0) is 6.54 Å². The molecule has 2 heterocycles. The fourth-order valence-corrected chi connectivity index (χ4v) is 3.77.